The van der Waals surface area contributed by atoms with E-state index in [-0.39, 0.29) is 18.2 Å². The van der Waals surface area contributed by atoms with Crippen molar-refractivity contribution in [2.75, 3.05) is 20.3 Å². The molecule has 0 bridgehead atoms. The van der Waals surface area contributed by atoms with Crippen molar-refractivity contribution in [3.05, 3.63) is 50.7 Å². The van der Waals surface area contributed by atoms with Gasteiger partial charge >= 0.3 is 5.91 Å². The number of pyridine rings is 1. The summed E-state index contributed by atoms with van der Waals surface area (Å²) >= 11 is 0. The first-order valence-electron chi connectivity index (χ1n) is 9.19. The highest BCUT2D eigenvalue weighted by Crippen LogP contribution is 2.41. The molecule has 0 radical (unpaired) electrons. The van der Waals surface area contributed by atoms with Gasteiger partial charge in [-0.25, -0.2) is 0 Å². The minimum Gasteiger partial charge on any atom is -0.493 e. The van der Waals surface area contributed by atoms with Crippen LogP contribution in [0.15, 0.2) is 34.4 Å². The van der Waals surface area contributed by atoms with Crippen LogP contribution >= 0.6 is 0 Å². The zero-order valence-electron chi connectivity index (χ0n) is 16.1. The molecule has 9 heteroatoms. The van der Waals surface area contributed by atoms with Gasteiger partial charge < -0.3 is 19.4 Å². The number of benzene rings is 1. The zero-order valence-corrected chi connectivity index (χ0v) is 16.1. The van der Waals surface area contributed by atoms with Crippen LogP contribution in [-0.2, 0) is 11.2 Å². The Labute approximate surface area is 166 Å². The molecule has 2 amide bonds. The molecule has 9 nitrogen and oxygen atoms in total. The summed E-state index contributed by atoms with van der Waals surface area (Å²) in [5, 5.41) is 4.91. The first-order chi connectivity index (χ1) is 14.0. The summed E-state index contributed by atoms with van der Waals surface area (Å²) < 4.78 is 13.0. The molecule has 1 atom stereocenters. The normalized spacial score (nSPS) is 14.3. The van der Waals surface area contributed by atoms with E-state index in [1.54, 1.807) is 6.07 Å². The van der Waals surface area contributed by atoms with Gasteiger partial charge in [-0.15, -0.1) is 4.91 Å². The molecular weight excluding hydrogens is 378 g/mol. The van der Waals surface area contributed by atoms with Gasteiger partial charge in [0.15, 0.2) is 16.9 Å². The van der Waals surface area contributed by atoms with Gasteiger partial charge in [-0.1, -0.05) is 6.92 Å². The molecule has 1 N–H and O–H groups in total. The van der Waals surface area contributed by atoms with Crippen LogP contribution in [0.2, 0.25) is 0 Å². The van der Waals surface area contributed by atoms with Crippen LogP contribution in [0.5, 0.6) is 11.5 Å². The van der Waals surface area contributed by atoms with Crippen molar-refractivity contribution in [1.82, 2.24) is 9.88 Å². The zero-order chi connectivity index (χ0) is 21.0. The number of nitrogens with zero attached hydrogens (tertiary/aromatic N) is 2. The number of aromatic nitrogens is 1. The molecule has 1 aromatic heterocycles. The molecule has 3 rings (SSSR count). The molecule has 0 fully saturated rings. The van der Waals surface area contributed by atoms with Crippen LogP contribution in [0.25, 0.3) is 11.3 Å². The highest BCUT2D eigenvalue weighted by atomic mass is 16.5. The van der Waals surface area contributed by atoms with Crippen LogP contribution in [0.1, 0.15) is 35.3 Å². The Morgan fingerprint density at radius 3 is 2.79 bits per heavy atom. The predicted octanol–water partition coefficient (Wildman–Crippen LogP) is 2.06. The number of hydrogen-bond donors (Lipinski definition) is 1. The lowest BCUT2D eigenvalue weighted by Gasteiger charge is -2.31. The third-order valence-electron chi connectivity index (χ3n) is 4.97. The van der Waals surface area contributed by atoms with Gasteiger partial charge in [-0.05, 0) is 30.5 Å². The molecule has 1 unspecified atom stereocenters. The highest BCUT2D eigenvalue weighted by molar-refractivity contribution is 5.94. The van der Waals surface area contributed by atoms with E-state index in [2.05, 4.69) is 10.5 Å². The summed E-state index contributed by atoms with van der Waals surface area (Å²) in [6, 6.07) is 5.01. The number of carbonyl (C=O) groups is 2. The Kier molecular flexibility index (Phi) is 6.06. The minimum atomic E-state index is -1.07. The van der Waals surface area contributed by atoms with Gasteiger partial charge in [0.25, 0.3) is 0 Å². The fourth-order valence-electron chi connectivity index (χ4n) is 3.53. The Morgan fingerprint density at radius 2 is 2.14 bits per heavy atom. The topological polar surface area (TPSA) is 116 Å². The summed E-state index contributed by atoms with van der Waals surface area (Å²) in [6.45, 7) is 2.65. The summed E-state index contributed by atoms with van der Waals surface area (Å²) in [6.07, 6.45) is 3.42. The quantitative estimate of drug-likeness (QED) is 0.413. The number of fused-ring (bicyclic) bond motifs is 3. The van der Waals surface area contributed by atoms with Gasteiger partial charge in [0.2, 0.25) is 6.41 Å². The minimum absolute atomic E-state index is 0.00530. The predicted molar refractivity (Wildman–Crippen MR) is 105 cm³/mol. The van der Waals surface area contributed by atoms with E-state index in [1.807, 2.05) is 17.6 Å². The van der Waals surface area contributed by atoms with E-state index in [4.69, 9.17) is 9.47 Å². The first kappa shape index (κ1) is 20.2. The molecule has 1 aromatic carbocycles. The van der Waals surface area contributed by atoms with Gasteiger partial charge in [-0.3, -0.25) is 14.4 Å². The third kappa shape index (κ3) is 3.89. The molecule has 152 valence electrons. The van der Waals surface area contributed by atoms with E-state index >= 15 is 0 Å². The molecule has 0 spiro atoms. The summed E-state index contributed by atoms with van der Waals surface area (Å²) in [5.74, 6) is -0.0451. The van der Waals surface area contributed by atoms with Crippen LogP contribution in [0.4, 0.5) is 0 Å². The van der Waals surface area contributed by atoms with E-state index in [9.17, 15) is 19.3 Å². The van der Waals surface area contributed by atoms with E-state index in [1.165, 1.54) is 19.4 Å². The van der Waals surface area contributed by atoms with Crippen LogP contribution in [0, 0.1) is 4.91 Å². The maximum Gasteiger partial charge on any atom is 0.322 e. The van der Waals surface area contributed by atoms with Gasteiger partial charge in [-0.2, -0.15) is 0 Å². The van der Waals surface area contributed by atoms with Crippen molar-refractivity contribution < 1.29 is 19.1 Å². The third-order valence-corrected chi connectivity index (χ3v) is 4.97. The maximum atomic E-state index is 12.4. The molecule has 29 heavy (non-hydrogen) atoms. The van der Waals surface area contributed by atoms with Gasteiger partial charge in [0, 0.05) is 29.0 Å². The number of ether oxygens (including phenoxy) is 2. The van der Waals surface area contributed by atoms with E-state index < -0.39 is 11.3 Å². The maximum absolute atomic E-state index is 12.4. The molecule has 1 aliphatic heterocycles. The van der Waals surface area contributed by atoms with Crippen molar-refractivity contribution in [3.63, 3.8) is 0 Å². The Bertz CT molecular complexity index is 1010. The lowest BCUT2D eigenvalue weighted by Crippen LogP contribution is -2.25. The van der Waals surface area contributed by atoms with Crippen LogP contribution in [0.3, 0.4) is 0 Å². The number of methoxy groups -OCH3 is 1. The van der Waals surface area contributed by atoms with Crippen LogP contribution < -0.4 is 20.2 Å². The number of carbonyl (C=O) groups excluding carboxylic acids is 2. The molecule has 1 aliphatic rings. The van der Waals surface area contributed by atoms with Crippen molar-refractivity contribution in [1.29, 1.82) is 0 Å². The Hall–Kier alpha value is -3.49. The SMILES string of the molecule is CCC1Cc2cc(OCCNC=O)c(OC)cc2-c2cc(=O)c(C(=O)N=O)cn21. The fraction of sp³-hybridized carbons (Fsp3) is 0.350. The molecule has 2 heterocycles. The van der Waals surface area contributed by atoms with E-state index in [0.717, 1.165) is 17.5 Å². The monoisotopic (exact) mass is 399 g/mol. The fourth-order valence-corrected chi connectivity index (χ4v) is 3.53. The Balaban J connectivity index is 2.09. The average molecular weight is 399 g/mol. The van der Waals surface area contributed by atoms with E-state index in [0.29, 0.717) is 36.6 Å². The van der Waals surface area contributed by atoms with Gasteiger partial charge in [0.1, 0.15) is 12.2 Å². The number of nitroso groups, excluding NO2 is 1. The second-order valence-electron chi connectivity index (χ2n) is 6.59. The summed E-state index contributed by atoms with van der Waals surface area (Å²) in [7, 11) is 1.51. The number of rotatable bonds is 8. The lowest BCUT2D eigenvalue weighted by atomic mass is 9.90. The van der Waals surface area contributed by atoms with Crippen molar-refractivity contribution >= 4 is 12.3 Å². The summed E-state index contributed by atoms with van der Waals surface area (Å²) in [4.78, 5) is 45.1. The number of amides is 2. The molecular formula is C20H21N3O6. The first-order valence-corrected chi connectivity index (χ1v) is 9.19. The smallest absolute Gasteiger partial charge is 0.322 e. The van der Waals surface area contributed by atoms with Crippen molar-refractivity contribution in [2.45, 2.75) is 25.8 Å². The Morgan fingerprint density at radius 1 is 1.34 bits per heavy atom. The average Bonchev–Trinajstić information content (AvgIpc) is 2.74. The van der Waals surface area contributed by atoms with Crippen LogP contribution in [-0.4, -0.2) is 37.1 Å². The molecule has 0 aliphatic carbocycles. The molecule has 0 saturated heterocycles. The standard InChI is InChI=1S/C20H21N3O6/c1-3-13-6-12-7-19(29-5-4-21-11-24)18(28-2)8-14(12)16-9-17(25)15(10-23(13)16)20(26)22-27/h7-11,13H,3-6H2,1-2H3,(H,21,24). The molecule has 2 aromatic rings. The van der Waals surface area contributed by atoms with Crippen molar-refractivity contribution in [2.24, 2.45) is 5.18 Å². The molecule has 0 saturated carbocycles. The second-order valence-corrected chi connectivity index (χ2v) is 6.59. The highest BCUT2D eigenvalue weighted by Gasteiger charge is 2.27. The van der Waals surface area contributed by atoms with Gasteiger partial charge in [0.05, 0.1) is 19.3 Å². The number of nitrogens with one attached hydrogen (secondary N) is 1. The number of hydrogen-bond acceptors (Lipinski definition) is 6. The summed E-state index contributed by atoms with van der Waals surface area (Å²) in [5.41, 5.74) is 1.61. The largest absolute Gasteiger partial charge is 0.493 e. The lowest BCUT2D eigenvalue weighted by molar-refractivity contribution is -0.109. The van der Waals surface area contributed by atoms with Crippen molar-refractivity contribution in [3.8, 4) is 22.8 Å². The second kappa shape index (κ2) is 8.68.